The van der Waals surface area contributed by atoms with Crippen LogP contribution in [0.1, 0.15) is 35.6 Å². The van der Waals surface area contributed by atoms with E-state index in [9.17, 15) is 9.59 Å². The number of ether oxygens (including phenoxy) is 1. The monoisotopic (exact) mass is 400 g/mol. The SMILES string of the molecule is O=C(Cc1csc(N2CCOCC2)n1)NNC(=O)C1CCCc2ccccc21. The zero-order valence-corrected chi connectivity index (χ0v) is 16.5. The lowest BCUT2D eigenvalue weighted by Crippen LogP contribution is -2.45. The standard InChI is InChI=1S/C20H24N4O3S/c25-18(12-15-13-28-20(21-15)24-8-10-27-11-9-24)22-23-19(26)17-7-3-5-14-4-1-2-6-16(14)17/h1-2,4,6,13,17H,3,5,7-12H2,(H,22,25)(H,23,26). The van der Waals surface area contributed by atoms with Gasteiger partial charge >= 0.3 is 0 Å². The zero-order valence-electron chi connectivity index (χ0n) is 15.6. The predicted molar refractivity (Wildman–Crippen MR) is 107 cm³/mol. The van der Waals surface area contributed by atoms with Gasteiger partial charge in [0.05, 0.1) is 31.2 Å². The van der Waals surface area contributed by atoms with E-state index in [1.54, 1.807) is 0 Å². The van der Waals surface area contributed by atoms with Gasteiger partial charge in [-0.15, -0.1) is 11.3 Å². The molecule has 1 aromatic heterocycles. The molecule has 1 unspecified atom stereocenters. The van der Waals surface area contributed by atoms with Gasteiger partial charge < -0.3 is 9.64 Å². The van der Waals surface area contributed by atoms with Crippen molar-refractivity contribution in [1.82, 2.24) is 15.8 Å². The Kier molecular flexibility index (Phi) is 5.87. The molecule has 1 aromatic carbocycles. The van der Waals surface area contributed by atoms with Crippen LogP contribution in [0.25, 0.3) is 0 Å². The molecule has 1 saturated heterocycles. The summed E-state index contributed by atoms with van der Waals surface area (Å²) in [5.41, 5.74) is 8.13. The van der Waals surface area contributed by atoms with Gasteiger partial charge in [-0.25, -0.2) is 4.98 Å². The molecule has 28 heavy (non-hydrogen) atoms. The molecule has 2 aliphatic rings. The number of hydrogen-bond acceptors (Lipinski definition) is 6. The summed E-state index contributed by atoms with van der Waals surface area (Å²) < 4.78 is 5.35. The van der Waals surface area contributed by atoms with Crippen LogP contribution in [0.15, 0.2) is 29.6 Å². The molecule has 2 aromatic rings. The van der Waals surface area contributed by atoms with E-state index in [0.717, 1.165) is 43.0 Å². The maximum absolute atomic E-state index is 12.6. The van der Waals surface area contributed by atoms with Crippen molar-refractivity contribution < 1.29 is 14.3 Å². The number of thiazole rings is 1. The summed E-state index contributed by atoms with van der Waals surface area (Å²) in [6.45, 7) is 3.04. The maximum atomic E-state index is 12.6. The molecule has 148 valence electrons. The fraction of sp³-hybridized carbons (Fsp3) is 0.450. The molecule has 1 aliphatic heterocycles. The molecule has 2 amide bonds. The fourth-order valence-electron chi connectivity index (χ4n) is 3.73. The number of rotatable bonds is 4. The van der Waals surface area contributed by atoms with Gasteiger partial charge in [-0.2, -0.15) is 0 Å². The number of hydrogen-bond donors (Lipinski definition) is 2. The van der Waals surface area contributed by atoms with E-state index in [1.165, 1.54) is 16.9 Å². The Labute approximate surface area is 168 Å². The van der Waals surface area contributed by atoms with Crippen LogP contribution in [0.2, 0.25) is 0 Å². The molecular formula is C20H24N4O3S. The second-order valence-corrected chi connectivity index (χ2v) is 7.92. The third kappa shape index (κ3) is 4.34. The first-order chi connectivity index (χ1) is 13.7. The average Bonchev–Trinajstić information content (AvgIpc) is 3.20. The normalized spacial score (nSPS) is 19.0. The Morgan fingerprint density at radius 1 is 1.21 bits per heavy atom. The number of amides is 2. The minimum Gasteiger partial charge on any atom is -0.378 e. The Bertz CT molecular complexity index is 847. The molecule has 1 atom stereocenters. The molecule has 0 saturated carbocycles. The summed E-state index contributed by atoms with van der Waals surface area (Å²) in [4.78, 5) is 31.5. The van der Waals surface area contributed by atoms with Crippen LogP contribution < -0.4 is 15.8 Å². The number of benzene rings is 1. The van der Waals surface area contributed by atoms with Gasteiger partial charge in [0.2, 0.25) is 11.8 Å². The molecule has 2 heterocycles. The van der Waals surface area contributed by atoms with Crippen molar-refractivity contribution in [3.63, 3.8) is 0 Å². The Balaban J connectivity index is 1.29. The maximum Gasteiger partial charge on any atom is 0.245 e. The van der Waals surface area contributed by atoms with Gasteiger partial charge in [0.1, 0.15) is 0 Å². The first-order valence-electron chi connectivity index (χ1n) is 9.64. The molecule has 7 nitrogen and oxygen atoms in total. The van der Waals surface area contributed by atoms with Gasteiger partial charge in [0.25, 0.3) is 0 Å². The Hall–Kier alpha value is -2.45. The lowest BCUT2D eigenvalue weighted by atomic mass is 9.82. The van der Waals surface area contributed by atoms with Gasteiger partial charge in [-0.05, 0) is 30.4 Å². The first-order valence-corrected chi connectivity index (χ1v) is 10.5. The summed E-state index contributed by atoms with van der Waals surface area (Å²) in [6.07, 6.45) is 2.92. The number of aromatic nitrogens is 1. The molecule has 1 fully saturated rings. The summed E-state index contributed by atoms with van der Waals surface area (Å²) in [7, 11) is 0. The van der Waals surface area contributed by atoms with Crippen LogP contribution in [-0.4, -0.2) is 43.1 Å². The molecule has 2 N–H and O–H groups in total. The van der Waals surface area contributed by atoms with E-state index in [1.807, 2.05) is 23.6 Å². The van der Waals surface area contributed by atoms with Crippen LogP contribution in [0.4, 0.5) is 5.13 Å². The van der Waals surface area contributed by atoms with Crippen molar-refractivity contribution in [2.45, 2.75) is 31.6 Å². The molecule has 4 rings (SSSR count). The largest absolute Gasteiger partial charge is 0.378 e. The number of anilines is 1. The minimum atomic E-state index is -0.267. The third-order valence-electron chi connectivity index (χ3n) is 5.17. The highest BCUT2D eigenvalue weighted by Gasteiger charge is 2.26. The summed E-state index contributed by atoms with van der Waals surface area (Å²) in [5, 5.41) is 2.80. The number of carbonyl (C=O) groups is 2. The number of nitrogens with zero attached hydrogens (tertiary/aromatic N) is 2. The lowest BCUT2D eigenvalue weighted by molar-refractivity contribution is -0.129. The zero-order chi connectivity index (χ0) is 19.3. The van der Waals surface area contributed by atoms with Crippen LogP contribution >= 0.6 is 11.3 Å². The number of fused-ring (bicyclic) bond motifs is 1. The summed E-state index contributed by atoms with van der Waals surface area (Å²) >= 11 is 1.53. The van der Waals surface area contributed by atoms with Gasteiger partial charge in [0.15, 0.2) is 5.13 Å². The smallest absolute Gasteiger partial charge is 0.245 e. The van der Waals surface area contributed by atoms with E-state index in [4.69, 9.17) is 4.74 Å². The quantitative estimate of drug-likeness (QED) is 0.765. The van der Waals surface area contributed by atoms with Crippen molar-refractivity contribution in [3.05, 3.63) is 46.5 Å². The number of aryl methyl sites for hydroxylation is 1. The Morgan fingerprint density at radius 3 is 2.89 bits per heavy atom. The van der Waals surface area contributed by atoms with Crippen LogP contribution in [0, 0.1) is 0 Å². The lowest BCUT2D eigenvalue weighted by Gasteiger charge is -2.26. The summed E-state index contributed by atoms with van der Waals surface area (Å²) in [5.74, 6) is -0.637. The first kappa shape index (κ1) is 18.9. The van der Waals surface area contributed by atoms with E-state index in [0.29, 0.717) is 18.9 Å². The molecule has 0 radical (unpaired) electrons. The van der Waals surface area contributed by atoms with Crippen molar-refractivity contribution in [1.29, 1.82) is 0 Å². The third-order valence-corrected chi connectivity index (χ3v) is 6.12. The second-order valence-electron chi connectivity index (χ2n) is 7.08. The second kappa shape index (κ2) is 8.70. The van der Waals surface area contributed by atoms with Crippen molar-refractivity contribution in [3.8, 4) is 0 Å². The highest BCUT2D eigenvalue weighted by molar-refractivity contribution is 7.13. The van der Waals surface area contributed by atoms with Crippen molar-refractivity contribution in [2.24, 2.45) is 0 Å². The van der Waals surface area contributed by atoms with Gasteiger partial charge in [-0.1, -0.05) is 24.3 Å². The van der Waals surface area contributed by atoms with E-state index in [2.05, 4.69) is 26.8 Å². The van der Waals surface area contributed by atoms with E-state index in [-0.39, 0.29) is 24.2 Å². The molecule has 8 heteroatoms. The number of morpholine rings is 1. The van der Waals surface area contributed by atoms with Crippen molar-refractivity contribution in [2.75, 3.05) is 31.2 Å². The molecular weight excluding hydrogens is 376 g/mol. The topological polar surface area (TPSA) is 83.6 Å². The molecule has 0 bridgehead atoms. The number of hydrazine groups is 1. The molecule has 0 spiro atoms. The predicted octanol–water partition coefficient (Wildman–Crippen LogP) is 1.79. The summed E-state index contributed by atoms with van der Waals surface area (Å²) in [6, 6.07) is 8.03. The van der Waals surface area contributed by atoms with Crippen molar-refractivity contribution >= 4 is 28.3 Å². The fourth-order valence-corrected chi connectivity index (χ4v) is 4.61. The Morgan fingerprint density at radius 2 is 2.04 bits per heavy atom. The number of nitrogens with one attached hydrogen (secondary N) is 2. The minimum absolute atomic E-state index is 0.141. The van der Waals surface area contributed by atoms with Gasteiger partial charge in [-0.3, -0.25) is 20.4 Å². The average molecular weight is 401 g/mol. The molecule has 1 aliphatic carbocycles. The van der Waals surface area contributed by atoms with E-state index >= 15 is 0 Å². The van der Waals surface area contributed by atoms with Crippen LogP contribution in [0.5, 0.6) is 0 Å². The van der Waals surface area contributed by atoms with Gasteiger partial charge in [0, 0.05) is 18.5 Å². The number of carbonyl (C=O) groups excluding carboxylic acids is 2. The van der Waals surface area contributed by atoms with Crippen LogP contribution in [0.3, 0.4) is 0 Å². The van der Waals surface area contributed by atoms with Crippen LogP contribution in [-0.2, 0) is 27.2 Å². The highest BCUT2D eigenvalue weighted by Crippen LogP contribution is 2.31. The van der Waals surface area contributed by atoms with E-state index < -0.39 is 0 Å². The highest BCUT2D eigenvalue weighted by atomic mass is 32.1.